The first-order valence-electron chi connectivity index (χ1n) is 8.83. The van der Waals surface area contributed by atoms with E-state index in [-0.39, 0.29) is 12.1 Å². The number of ether oxygens (including phenoxy) is 1. The molecule has 2 aliphatic heterocycles. The molecule has 4 fully saturated rings. The molecule has 6 heteroatoms. The topological polar surface area (TPSA) is 61.9 Å². The Morgan fingerprint density at radius 3 is 2.92 bits per heavy atom. The Balaban J connectivity index is 1.28. The lowest BCUT2D eigenvalue weighted by Crippen LogP contribution is -2.61. The highest BCUT2D eigenvalue weighted by Gasteiger charge is 2.57. The van der Waals surface area contributed by atoms with E-state index in [0.717, 1.165) is 29.8 Å². The zero-order chi connectivity index (χ0) is 16.3. The number of hydrogen-bond acceptors (Lipinski definition) is 3. The Morgan fingerprint density at radius 2 is 2.12 bits per heavy atom. The maximum atomic E-state index is 12.6. The fourth-order valence-corrected chi connectivity index (χ4v) is 5.13. The summed E-state index contributed by atoms with van der Waals surface area (Å²) in [5, 5.41) is 3.00. The molecule has 24 heavy (non-hydrogen) atoms. The van der Waals surface area contributed by atoms with E-state index in [1.165, 1.54) is 19.3 Å². The summed E-state index contributed by atoms with van der Waals surface area (Å²) in [5.41, 5.74) is 1.49. The number of nitrogens with zero attached hydrogens (tertiary/aromatic N) is 2. The third-order valence-electron chi connectivity index (χ3n) is 6.24. The minimum atomic E-state index is -0.328. The van der Waals surface area contributed by atoms with Gasteiger partial charge in [0, 0.05) is 29.9 Å². The van der Waals surface area contributed by atoms with Crippen LogP contribution in [-0.2, 0) is 4.74 Å². The molecular weight excluding hydrogens is 306 g/mol. The van der Waals surface area contributed by atoms with E-state index in [2.05, 4.69) is 5.32 Å². The first kappa shape index (κ1) is 14.1. The summed E-state index contributed by atoms with van der Waals surface area (Å²) in [6.45, 7) is 1.86. The van der Waals surface area contributed by atoms with Crippen molar-refractivity contribution in [1.29, 1.82) is 0 Å². The van der Waals surface area contributed by atoms with E-state index < -0.39 is 0 Å². The van der Waals surface area contributed by atoms with Crippen LogP contribution in [0.15, 0.2) is 24.3 Å². The maximum absolute atomic E-state index is 12.6. The number of urea groups is 1. The van der Waals surface area contributed by atoms with Crippen LogP contribution in [0.25, 0.3) is 0 Å². The third kappa shape index (κ3) is 2.01. The molecule has 2 saturated carbocycles. The normalized spacial score (nSPS) is 33.2. The number of carbonyl (C=O) groups is 2. The Bertz CT molecular complexity index is 705. The first-order valence-corrected chi connectivity index (χ1v) is 8.83. The van der Waals surface area contributed by atoms with Gasteiger partial charge in [-0.15, -0.1) is 0 Å². The Morgan fingerprint density at radius 1 is 1.25 bits per heavy atom. The van der Waals surface area contributed by atoms with Gasteiger partial charge in [-0.2, -0.15) is 0 Å². The number of nitrogens with one attached hydrogen (secondary N) is 1. The van der Waals surface area contributed by atoms with Crippen molar-refractivity contribution in [2.24, 2.45) is 17.8 Å². The second-order valence-corrected chi connectivity index (χ2v) is 7.39. The van der Waals surface area contributed by atoms with Crippen molar-refractivity contribution in [3.8, 4) is 0 Å². The summed E-state index contributed by atoms with van der Waals surface area (Å²) >= 11 is 0. The first-order chi connectivity index (χ1) is 11.7. The van der Waals surface area contributed by atoms with Gasteiger partial charge in [0.05, 0.1) is 6.54 Å². The van der Waals surface area contributed by atoms with Gasteiger partial charge >= 0.3 is 12.1 Å². The lowest BCUT2D eigenvalue weighted by atomic mass is 9.77. The van der Waals surface area contributed by atoms with Gasteiger partial charge in [-0.1, -0.05) is 6.07 Å². The number of carbonyl (C=O) groups excluding carboxylic acids is 2. The number of benzene rings is 1. The van der Waals surface area contributed by atoms with E-state index in [9.17, 15) is 9.59 Å². The zero-order valence-corrected chi connectivity index (χ0v) is 13.5. The number of rotatable bonds is 2. The highest BCUT2D eigenvalue weighted by atomic mass is 16.6. The maximum Gasteiger partial charge on any atom is 0.414 e. The average molecular weight is 327 g/mol. The molecule has 1 N–H and O–H groups in total. The Hall–Kier alpha value is -2.24. The second kappa shape index (κ2) is 5.13. The van der Waals surface area contributed by atoms with Gasteiger partial charge in [0.25, 0.3) is 0 Å². The predicted molar refractivity (Wildman–Crippen MR) is 89.0 cm³/mol. The van der Waals surface area contributed by atoms with Crippen LogP contribution in [0.2, 0.25) is 0 Å². The SMILES string of the molecule is O=C1OCCN1c1cccc(NC(=O)N2CC3C4CCC(C4)C32)c1. The highest BCUT2D eigenvalue weighted by Crippen LogP contribution is 2.55. The summed E-state index contributed by atoms with van der Waals surface area (Å²) in [5.74, 6) is 2.30. The van der Waals surface area contributed by atoms with Gasteiger partial charge in [0.2, 0.25) is 0 Å². The van der Waals surface area contributed by atoms with Crippen molar-refractivity contribution < 1.29 is 14.3 Å². The van der Waals surface area contributed by atoms with Crippen LogP contribution >= 0.6 is 0 Å². The molecule has 126 valence electrons. The summed E-state index contributed by atoms with van der Waals surface area (Å²) in [4.78, 5) is 27.9. The minimum absolute atomic E-state index is 0.00931. The van der Waals surface area contributed by atoms with Crippen LogP contribution in [0.5, 0.6) is 0 Å². The summed E-state index contributed by atoms with van der Waals surface area (Å²) < 4.78 is 4.97. The van der Waals surface area contributed by atoms with Crippen molar-refractivity contribution in [1.82, 2.24) is 4.90 Å². The smallest absolute Gasteiger partial charge is 0.414 e. The molecule has 4 unspecified atom stereocenters. The Kier molecular flexibility index (Phi) is 3.02. The Labute approximate surface area is 140 Å². The lowest BCUT2D eigenvalue weighted by Gasteiger charge is -2.50. The van der Waals surface area contributed by atoms with Gasteiger partial charge in [-0.05, 0) is 49.3 Å². The van der Waals surface area contributed by atoms with E-state index in [4.69, 9.17) is 4.74 Å². The fourth-order valence-electron chi connectivity index (χ4n) is 5.13. The average Bonchev–Trinajstić information content (AvgIpc) is 3.21. The molecule has 2 saturated heterocycles. The van der Waals surface area contributed by atoms with Crippen LogP contribution < -0.4 is 10.2 Å². The van der Waals surface area contributed by atoms with Crippen molar-refractivity contribution in [2.75, 3.05) is 29.9 Å². The molecular formula is C18H21N3O3. The van der Waals surface area contributed by atoms with Crippen LogP contribution in [-0.4, -0.2) is 42.8 Å². The van der Waals surface area contributed by atoms with Crippen molar-refractivity contribution in [3.63, 3.8) is 0 Å². The molecule has 6 nitrogen and oxygen atoms in total. The number of amides is 3. The molecule has 5 rings (SSSR count). The van der Waals surface area contributed by atoms with Gasteiger partial charge in [-0.25, -0.2) is 9.59 Å². The van der Waals surface area contributed by atoms with Crippen molar-refractivity contribution in [3.05, 3.63) is 24.3 Å². The summed E-state index contributed by atoms with van der Waals surface area (Å²) in [7, 11) is 0. The quantitative estimate of drug-likeness (QED) is 0.908. The standard InChI is InChI=1S/C18H21N3O3/c22-17(21-10-15-11-4-5-12(8-11)16(15)21)19-13-2-1-3-14(9-13)20-6-7-24-18(20)23/h1-3,9,11-12,15-16H,4-8,10H2,(H,19,22). The van der Waals surface area contributed by atoms with Crippen LogP contribution in [0, 0.1) is 17.8 Å². The van der Waals surface area contributed by atoms with E-state index >= 15 is 0 Å². The minimum Gasteiger partial charge on any atom is -0.447 e. The lowest BCUT2D eigenvalue weighted by molar-refractivity contribution is 0.0177. The zero-order valence-electron chi connectivity index (χ0n) is 13.5. The molecule has 4 aliphatic rings. The predicted octanol–water partition coefficient (Wildman–Crippen LogP) is 2.91. The molecule has 2 aliphatic carbocycles. The van der Waals surface area contributed by atoms with E-state index in [0.29, 0.717) is 25.1 Å². The molecule has 0 spiro atoms. The second-order valence-electron chi connectivity index (χ2n) is 7.39. The van der Waals surface area contributed by atoms with E-state index in [1.54, 1.807) is 4.90 Å². The molecule has 2 bridgehead atoms. The number of likely N-dealkylation sites (tertiary alicyclic amines) is 1. The number of anilines is 2. The fraction of sp³-hybridized carbons (Fsp3) is 0.556. The summed E-state index contributed by atoms with van der Waals surface area (Å²) in [6.07, 6.45) is 3.62. The molecule has 0 aromatic heterocycles. The molecule has 4 atom stereocenters. The summed E-state index contributed by atoms with van der Waals surface area (Å²) in [6, 6.07) is 7.86. The van der Waals surface area contributed by atoms with Gasteiger partial charge in [0.1, 0.15) is 6.61 Å². The third-order valence-corrected chi connectivity index (χ3v) is 6.24. The highest BCUT2D eigenvalue weighted by molar-refractivity contribution is 5.93. The monoisotopic (exact) mass is 327 g/mol. The van der Waals surface area contributed by atoms with Gasteiger partial charge < -0.3 is 15.0 Å². The molecule has 2 heterocycles. The molecule has 3 amide bonds. The van der Waals surface area contributed by atoms with E-state index in [1.807, 2.05) is 29.2 Å². The number of cyclic esters (lactones) is 1. The van der Waals surface area contributed by atoms with Crippen molar-refractivity contribution in [2.45, 2.75) is 25.3 Å². The molecule has 1 aromatic rings. The van der Waals surface area contributed by atoms with Crippen LogP contribution in [0.1, 0.15) is 19.3 Å². The largest absolute Gasteiger partial charge is 0.447 e. The molecule has 1 aromatic carbocycles. The van der Waals surface area contributed by atoms with Crippen LogP contribution in [0.3, 0.4) is 0 Å². The number of fused-ring (bicyclic) bond motifs is 5. The van der Waals surface area contributed by atoms with Crippen molar-refractivity contribution >= 4 is 23.5 Å². The van der Waals surface area contributed by atoms with Gasteiger partial charge in [0.15, 0.2) is 0 Å². The van der Waals surface area contributed by atoms with Crippen LogP contribution in [0.4, 0.5) is 21.0 Å². The van der Waals surface area contributed by atoms with Gasteiger partial charge in [-0.3, -0.25) is 4.90 Å². The number of hydrogen-bond donors (Lipinski definition) is 1. The molecule has 0 radical (unpaired) electrons.